The number of allylic oxidation sites excluding steroid dienone is 1. The van der Waals surface area contributed by atoms with Gasteiger partial charge in [-0.05, 0) is 64.6 Å². The lowest BCUT2D eigenvalue weighted by molar-refractivity contribution is -0.166. The van der Waals surface area contributed by atoms with Crippen LogP contribution < -0.4 is 5.73 Å². The van der Waals surface area contributed by atoms with Gasteiger partial charge in [0.25, 0.3) is 5.91 Å². The summed E-state index contributed by atoms with van der Waals surface area (Å²) in [4.78, 5) is 52.6. The number of primary amides is 1. The second-order valence-corrected chi connectivity index (χ2v) is 10.4. The predicted molar refractivity (Wildman–Crippen MR) is 131 cm³/mol. The molecule has 3 aliphatic carbocycles. The quantitative estimate of drug-likeness (QED) is 0.283. The Balaban J connectivity index is 1.53. The number of rotatable bonds is 4. The van der Waals surface area contributed by atoms with Crippen LogP contribution in [0.1, 0.15) is 34.3 Å². The first-order valence-corrected chi connectivity index (χ1v) is 12.3. The Hall–Kier alpha value is -3.05. The first kappa shape index (κ1) is 23.7. The van der Waals surface area contributed by atoms with Crippen molar-refractivity contribution in [3.63, 3.8) is 0 Å². The summed E-state index contributed by atoms with van der Waals surface area (Å²) in [7, 11) is 0. The van der Waals surface area contributed by atoms with E-state index in [9.17, 15) is 29.4 Å². The molecule has 9 heteroatoms. The van der Waals surface area contributed by atoms with Gasteiger partial charge in [-0.1, -0.05) is 30.3 Å². The highest BCUT2D eigenvalue weighted by atomic mass is 127. The first-order chi connectivity index (χ1) is 16.6. The molecule has 0 heterocycles. The van der Waals surface area contributed by atoms with E-state index in [0.717, 1.165) is 9.13 Å². The maximum atomic E-state index is 13.6. The number of hydrogen-bond donors (Lipinski definition) is 3. The van der Waals surface area contributed by atoms with Crippen molar-refractivity contribution in [1.29, 1.82) is 0 Å². The van der Waals surface area contributed by atoms with Crippen molar-refractivity contribution >= 4 is 45.8 Å². The highest BCUT2D eigenvalue weighted by molar-refractivity contribution is 14.1. The monoisotopic (exact) mass is 587 g/mol. The molecule has 5 rings (SSSR count). The molecule has 4 N–H and O–H groups in total. The van der Waals surface area contributed by atoms with Crippen molar-refractivity contribution in [2.24, 2.45) is 23.5 Å². The van der Waals surface area contributed by atoms with Gasteiger partial charge in [-0.3, -0.25) is 19.2 Å². The summed E-state index contributed by atoms with van der Waals surface area (Å²) in [5, 5.41) is 21.8. The minimum atomic E-state index is -2.56. The number of phenols is 1. The topological polar surface area (TPSA) is 144 Å². The van der Waals surface area contributed by atoms with Crippen LogP contribution in [0.5, 0.6) is 5.75 Å². The van der Waals surface area contributed by atoms with E-state index >= 15 is 0 Å². The lowest BCUT2D eigenvalue weighted by atomic mass is 9.55. The third-order valence-electron chi connectivity index (χ3n) is 7.32. The Morgan fingerprint density at radius 3 is 2.51 bits per heavy atom. The molecule has 0 spiro atoms. The fourth-order valence-electron chi connectivity index (χ4n) is 5.66. The normalized spacial score (nSPS) is 27.7. The smallest absolute Gasteiger partial charge is 0.255 e. The van der Waals surface area contributed by atoms with Gasteiger partial charge in [0.2, 0.25) is 5.78 Å². The molecule has 3 aliphatic rings. The van der Waals surface area contributed by atoms with E-state index in [0.29, 0.717) is 12.0 Å². The Kier molecular flexibility index (Phi) is 5.79. The number of fused-ring (bicyclic) bond motifs is 3. The molecule has 0 bridgehead atoms. The van der Waals surface area contributed by atoms with Crippen LogP contribution in [0.25, 0.3) is 0 Å². The molecule has 0 aromatic heterocycles. The fraction of sp³-hybridized carbons (Fsp3) is 0.308. The summed E-state index contributed by atoms with van der Waals surface area (Å²) in [6, 6.07) is 12.2. The number of carbonyl (C=O) groups is 4. The number of carbonyl (C=O) groups excluding carboxylic acids is 4. The van der Waals surface area contributed by atoms with E-state index in [4.69, 9.17) is 10.5 Å². The lowest BCUT2D eigenvalue weighted by Crippen LogP contribution is -2.65. The molecule has 2 aromatic rings. The summed E-state index contributed by atoms with van der Waals surface area (Å²) >= 11 is 2.08. The van der Waals surface area contributed by atoms with Crippen LogP contribution in [0.15, 0.2) is 53.8 Å². The van der Waals surface area contributed by atoms with Gasteiger partial charge >= 0.3 is 0 Å². The zero-order valence-corrected chi connectivity index (χ0v) is 20.7. The maximum Gasteiger partial charge on any atom is 0.255 e. The van der Waals surface area contributed by atoms with E-state index in [1.807, 2.05) is 30.3 Å². The Morgan fingerprint density at radius 1 is 1.11 bits per heavy atom. The molecule has 35 heavy (non-hydrogen) atoms. The average Bonchev–Trinajstić information content (AvgIpc) is 2.82. The van der Waals surface area contributed by atoms with Crippen LogP contribution in [0, 0.1) is 21.3 Å². The molecule has 1 amide bonds. The maximum absolute atomic E-state index is 13.6. The van der Waals surface area contributed by atoms with Gasteiger partial charge in [-0.2, -0.15) is 0 Å². The molecule has 180 valence electrons. The molecular formula is C26H22INO7. The zero-order chi connectivity index (χ0) is 25.1. The van der Waals surface area contributed by atoms with Gasteiger partial charge in [-0.25, -0.2) is 0 Å². The molecule has 0 aliphatic heterocycles. The number of amides is 1. The SMILES string of the molecule is NC(=O)C1=C(OCc2ccccc2)C[C@@H]2C[C@@H]3Cc4c(I)ccc(O)c4C(=O)C3C(=O)[C@]2(O)C1=O. The number of aromatic hydroxyl groups is 1. The van der Waals surface area contributed by atoms with E-state index in [2.05, 4.69) is 22.6 Å². The summed E-state index contributed by atoms with van der Waals surface area (Å²) in [6.07, 6.45) is 0.498. The van der Waals surface area contributed by atoms with Crippen LogP contribution in [-0.2, 0) is 32.1 Å². The molecular weight excluding hydrogens is 565 g/mol. The van der Waals surface area contributed by atoms with Gasteiger partial charge < -0.3 is 20.7 Å². The summed E-state index contributed by atoms with van der Waals surface area (Å²) < 4.78 is 6.62. The largest absolute Gasteiger partial charge is 0.507 e. The second kappa shape index (κ2) is 8.56. The number of benzene rings is 2. The van der Waals surface area contributed by atoms with E-state index < -0.39 is 52.2 Å². The van der Waals surface area contributed by atoms with Crippen LogP contribution in [0.2, 0.25) is 0 Å². The highest BCUT2D eigenvalue weighted by Gasteiger charge is 2.64. The van der Waals surface area contributed by atoms with Crippen molar-refractivity contribution in [2.75, 3.05) is 0 Å². The van der Waals surface area contributed by atoms with Crippen LogP contribution >= 0.6 is 22.6 Å². The molecule has 0 saturated heterocycles. The Morgan fingerprint density at radius 2 is 1.83 bits per heavy atom. The van der Waals surface area contributed by atoms with E-state index in [-0.39, 0.29) is 36.5 Å². The second-order valence-electron chi connectivity index (χ2n) is 9.26. The molecule has 8 nitrogen and oxygen atoms in total. The number of phenolic OH excluding ortho intramolecular Hbond substituents is 1. The minimum Gasteiger partial charge on any atom is -0.507 e. The molecule has 4 atom stereocenters. The first-order valence-electron chi connectivity index (χ1n) is 11.2. The van der Waals surface area contributed by atoms with Crippen molar-refractivity contribution in [1.82, 2.24) is 0 Å². The molecule has 2 aromatic carbocycles. The van der Waals surface area contributed by atoms with E-state index in [1.165, 1.54) is 6.07 Å². The number of nitrogens with two attached hydrogens (primary N) is 1. The standard InChI is InChI=1S/C26H22INO7/c27-16-6-7-17(29)20-15(16)9-13-8-14-10-18(35-11-12-4-2-1-3-5-12)21(25(28)33)24(32)26(14,34)23(31)19(13)22(20)30/h1-7,13-14,19,29,34H,8-11H2,(H2,28,33)/t13-,14+,19?,26+/m1/s1. The zero-order valence-electron chi connectivity index (χ0n) is 18.5. The van der Waals surface area contributed by atoms with Crippen molar-refractivity contribution in [3.05, 3.63) is 74.1 Å². The van der Waals surface area contributed by atoms with Crippen molar-refractivity contribution in [2.45, 2.75) is 31.5 Å². The summed E-state index contributed by atoms with van der Waals surface area (Å²) in [5.74, 6) is -6.62. The average molecular weight is 587 g/mol. The van der Waals surface area contributed by atoms with Gasteiger partial charge in [0.1, 0.15) is 23.7 Å². The third kappa shape index (κ3) is 3.59. The molecule has 1 saturated carbocycles. The van der Waals surface area contributed by atoms with Gasteiger partial charge in [0.15, 0.2) is 17.2 Å². The number of halogens is 1. The Labute approximate surface area is 214 Å². The number of ketones is 3. The molecule has 1 fully saturated rings. The predicted octanol–water partition coefficient (Wildman–Crippen LogP) is 2.22. The highest BCUT2D eigenvalue weighted by Crippen LogP contribution is 2.51. The summed E-state index contributed by atoms with van der Waals surface area (Å²) in [5.41, 5.74) is 3.89. The minimum absolute atomic E-state index is 0.0412. The van der Waals surface area contributed by atoms with Gasteiger partial charge in [0.05, 0.1) is 11.5 Å². The number of Topliss-reactive ketones (excluding diaryl/α,β-unsaturated/α-hetero) is 3. The van der Waals surface area contributed by atoms with Crippen LogP contribution in [-0.4, -0.2) is 39.1 Å². The number of hydrogen-bond acceptors (Lipinski definition) is 7. The van der Waals surface area contributed by atoms with Crippen molar-refractivity contribution < 1.29 is 34.1 Å². The van der Waals surface area contributed by atoms with Crippen LogP contribution in [0.3, 0.4) is 0 Å². The lowest BCUT2D eigenvalue weighted by Gasteiger charge is -2.48. The number of aliphatic hydroxyl groups is 1. The van der Waals surface area contributed by atoms with Crippen LogP contribution in [0.4, 0.5) is 0 Å². The third-order valence-corrected chi connectivity index (χ3v) is 8.33. The molecule has 0 radical (unpaired) electrons. The fourth-order valence-corrected chi connectivity index (χ4v) is 6.33. The van der Waals surface area contributed by atoms with Crippen molar-refractivity contribution in [3.8, 4) is 5.75 Å². The van der Waals surface area contributed by atoms with E-state index in [1.54, 1.807) is 6.07 Å². The van der Waals surface area contributed by atoms with Gasteiger partial charge in [-0.15, -0.1) is 0 Å². The van der Waals surface area contributed by atoms with Gasteiger partial charge in [0, 0.05) is 15.9 Å². The summed E-state index contributed by atoms with van der Waals surface area (Å²) in [6.45, 7) is 0.0781. The Bertz CT molecular complexity index is 1320. The number of ether oxygens (including phenoxy) is 1. The molecule has 1 unspecified atom stereocenters.